The lowest BCUT2D eigenvalue weighted by atomic mass is 9.61. The standard InChI is InChI=1S/C13H25N3O/c1-12-8-15-4-5-16(9-12)7-11(6-15)13(12,17)10-14(2)3/h11,17H,4-10H2,1-3H3/t11?,12?,13-/m1/s1. The SMILES string of the molecule is CN(C)C[C@@]1(O)C2CN3CCN(C2)CC1(C)C3. The summed E-state index contributed by atoms with van der Waals surface area (Å²) in [5.74, 6) is 0.417. The second-order valence-electron chi connectivity index (χ2n) is 6.89. The Hall–Kier alpha value is -0.160. The zero-order valence-corrected chi connectivity index (χ0v) is 11.3. The predicted molar refractivity (Wildman–Crippen MR) is 68.0 cm³/mol. The predicted octanol–water partition coefficient (Wildman–Crippen LogP) is -0.454. The minimum Gasteiger partial charge on any atom is -0.387 e. The number of fused-ring (bicyclic) bond motifs is 1. The Morgan fingerprint density at radius 1 is 1.18 bits per heavy atom. The van der Waals surface area contributed by atoms with Gasteiger partial charge in [-0.05, 0) is 14.1 Å². The lowest BCUT2D eigenvalue weighted by Crippen LogP contribution is -2.72. The topological polar surface area (TPSA) is 30.0 Å². The van der Waals surface area contributed by atoms with Crippen LogP contribution in [0.15, 0.2) is 0 Å². The Balaban J connectivity index is 1.95. The molecule has 4 aliphatic rings. The summed E-state index contributed by atoms with van der Waals surface area (Å²) in [5, 5.41) is 11.2. The van der Waals surface area contributed by atoms with Crippen LogP contribution in [0.4, 0.5) is 0 Å². The van der Waals surface area contributed by atoms with Gasteiger partial charge in [-0.15, -0.1) is 0 Å². The van der Waals surface area contributed by atoms with Crippen LogP contribution < -0.4 is 0 Å². The van der Waals surface area contributed by atoms with Crippen molar-refractivity contribution in [2.24, 2.45) is 11.3 Å². The Morgan fingerprint density at radius 3 is 2.12 bits per heavy atom. The Bertz CT molecular complexity index is 304. The number of likely N-dealkylation sites (N-methyl/N-ethyl adjacent to an activating group) is 1. The molecular weight excluding hydrogens is 214 g/mol. The highest BCUT2D eigenvalue weighted by molar-refractivity contribution is 5.13. The van der Waals surface area contributed by atoms with Crippen molar-refractivity contribution in [1.82, 2.24) is 14.7 Å². The highest BCUT2D eigenvalue weighted by atomic mass is 16.3. The number of hydrogen-bond acceptors (Lipinski definition) is 4. The van der Waals surface area contributed by atoms with E-state index in [0.717, 1.165) is 32.7 Å². The van der Waals surface area contributed by atoms with Crippen LogP contribution in [0.25, 0.3) is 0 Å². The van der Waals surface area contributed by atoms with Gasteiger partial charge in [-0.25, -0.2) is 0 Å². The minimum absolute atomic E-state index is 0.0366. The lowest BCUT2D eigenvalue weighted by Gasteiger charge is -2.60. The van der Waals surface area contributed by atoms with E-state index < -0.39 is 5.60 Å². The molecule has 0 radical (unpaired) electrons. The fraction of sp³-hybridized carbons (Fsp3) is 1.00. The molecule has 0 saturated carbocycles. The Labute approximate surface area is 104 Å². The van der Waals surface area contributed by atoms with Crippen LogP contribution in [-0.2, 0) is 0 Å². The minimum atomic E-state index is -0.506. The summed E-state index contributed by atoms with van der Waals surface area (Å²) in [6, 6.07) is 0. The fourth-order valence-electron chi connectivity index (χ4n) is 4.34. The molecule has 0 spiro atoms. The second-order valence-corrected chi connectivity index (χ2v) is 6.89. The third kappa shape index (κ3) is 1.65. The van der Waals surface area contributed by atoms with Crippen molar-refractivity contribution in [3.63, 3.8) is 0 Å². The summed E-state index contributed by atoms with van der Waals surface area (Å²) in [5.41, 5.74) is -0.469. The number of aliphatic hydroxyl groups is 1. The zero-order chi connectivity index (χ0) is 12.3. The summed E-state index contributed by atoms with van der Waals surface area (Å²) in [7, 11) is 4.14. The first kappa shape index (κ1) is 11.9. The van der Waals surface area contributed by atoms with Crippen molar-refractivity contribution < 1.29 is 5.11 Å². The van der Waals surface area contributed by atoms with Crippen LogP contribution in [0.1, 0.15) is 6.92 Å². The van der Waals surface area contributed by atoms with E-state index in [1.807, 2.05) is 0 Å². The van der Waals surface area contributed by atoms with Gasteiger partial charge < -0.3 is 19.8 Å². The van der Waals surface area contributed by atoms with Crippen molar-refractivity contribution in [3.05, 3.63) is 0 Å². The molecule has 0 aromatic heterocycles. The molecule has 3 atom stereocenters. The summed E-state index contributed by atoms with van der Waals surface area (Å²) < 4.78 is 0. The first-order valence-electron chi connectivity index (χ1n) is 6.75. The van der Waals surface area contributed by atoms with Crippen molar-refractivity contribution >= 4 is 0 Å². The number of piperidine rings is 2. The average molecular weight is 239 g/mol. The van der Waals surface area contributed by atoms with E-state index in [9.17, 15) is 5.11 Å². The van der Waals surface area contributed by atoms with E-state index in [1.54, 1.807) is 0 Å². The van der Waals surface area contributed by atoms with E-state index in [-0.39, 0.29) is 5.41 Å². The normalized spacial score (nSPS) is 53.1. The Morgan fingerprint density at radius 2 is 1.71 bits per heavy atom. The lowest BCUT2D eigenvalue weighted by molar-refractivity contribution is -0.197. The molecule has 4 aliphatic heterocycles. The van der Waals surface area contributed by atoms with Crippen LogP contribution in [0.3, 0.4) is 0 Å². The van der Waals surface area contributed by atoms with Crippen LogP contribution in [-0.4, -0.2) is 85.3 Å². The van der Waals surface area contributed by atoms with Gasteiger partial charge in [-0.1, -0.05) is 6.92 Å². The van der Waals surface area contributed by atoms with Crippen molar-refractivity contribution in [3.8, 4) is 0 Å². The van der Waals surface area contributed by atoms with Crippen LogP contribution in [0, 0.1) is 11.3 Å². The molecule has 4 heteroatoms. The molecule has 4 saturated heterocycles. The van der Waals surface area contributed by atoms with E-state index in [0.29, 0.717) is 5.92 Å². The second kappa shape index (κ2) is 3.67. The number of hydrogen-bond donors (Lipinski definition) is 1. The van der Waals surface area contributed by atoms with Crippen LogP contribution >= 0.6 is 0 Å². The summed E-state index contributed by atoms with van der Waals surface area (Å²) in [6.07, 6.45) is 0. The van der Waals surface area contributed by atoms with Gasteiger partial charge in [0.25, 0.3) is 0 Å². The van der Waals surface area contributed by atoms with Crippen LogP contribution in [0.2, 0.25) is 0 Å². The monoisotopic (exact) mass is 239 g/mol. The smallest absolute Gasteiger partial charge is 0.0903 e. The summed E-state index contributed by atoms with van der Waals surface area (Å²) in [4.78, 5) is 7.26. The number of rotatable bonds is 2. The van der Waals surface area contributed by atoms with Crippen molar-refractivity contribution in [2.75, 3.05) is 59.9 Å². The fourth-order valence-corrected chi connectivity index (χ4v) is 4.34. The Kier molecular flexibility index (Phi) is 2.57. The van der Waals surface area contributed by atoms with E-state index in [1.165, 1.54) is 13.1 Å². The quantitative estimate of drug-likeness (QED) is 0.707. The maximum atomic E-state index is 11.2. The van der Waals surface area contributed by atoms with Gasteiger partial charge in [0.05, 0.1) is 5.60 Å². The molecular formula is C13H25N3O. The molecule has 4 rings (SSSR count). The van der Waals surface area contributed by atoms with Gasteiger partial charge in [0.2, 0.25) is 0 Å². The van der Waals surface area contributed by atoms with E-state index in [2.05, 4.69) is 35.7 Å². The molecule has 0 amide bonds. The molecule has 98 valence electrons. The molecule has 0 aliphatic carbocycles. The van der Waals surface area contributed by atoms with Gasteiger partial charge in [-0.2, -0.15) is 0 Å². The maximum Gasteiger partial charge on any atom is 0.0903 e. The molecule has 4 nitrogen and oxygen atoms in total. The molecule has 0 aromatic carbocycles. The first-order valence-corrected chi connectivity index (χ1v) is 6.75. The average Bonchev–Trinajstić information content (AvgIpc) is 2.42. The van der Waals surface area contributed by atoms with E-state index in [4.69, 9.17) is 0 Å². The van der Waals surface area contributed by atoms with Gasteiger partial charge >= 0.3 is 0 Å². The third-order valence-electron chi connectivity index (χ3n) is 5.11. The van der Waals surface area contributed by atoms with Crippen molar-refractivity contribution in [1.29, 1.82) is 0 Å². The van der Waals surface area contributed by atoms with Gasteiger partial charge in [0, 0.05) is 57.1 Å². The highest BCUT2D eigenvalue weighted by Crippen LogP contribution is 2.48. The van der Waals surface area contributed by atoms with Gasteiger partial charge in [0.15, 0.2) is 0 Å². The molecule has 0 aromatic rings. The maximum absolute atomic E-state index is 11.2. The highest BCUT2D eigenvalue weighted by Gasteiger charge is 2.60. The van der Waals surface area contributed by atoms with Gasteiger partial charge in [0.1, 0.15) is 0 Å². The van der Waals surface area contributed by atoms with Crippen molar-refractivity contribution in [2.45, 2.75) is 12.5 Å². The molecule has 17 heavy (non-hydrogen) atoms. The summed E-state index contributed by atoms with van der Waals surface area (Å²) in [6.45, 7) is 9.73. The number of nitrogens with zero attached hydrogens (tertiary/aromatic N) is 3. The van der Waals surface area contributed by atoms with Crippen LogP contribution in [0.5, 0.6) is 0 Å². The zero-order valence-electron chi connectivity index (χ0n) is 11.3. The largest absolute Gasteiger partial charge is 0.387 e. The third-order valence-corrected chi connectivity index (χ3v) is 5.11. The molecule has 4 heterocycles. The molecule has 1 N–H and O–H groups in total. The summed E-state index contributed by atoms with van der Waals surface area (Å²) >= 11 is 0. The molecule has 4 bridgehead atoms. The van der Waals surface area contributed by atoms with Gasteiger partial charge in [-0.3, -0.25) is 0 Å². The molecule has 2 unspecified atom stereocenters. The molecule has 4 fully saturated rings. The van der Waals surface area contributed by atoms with E-state index >= 15 is 0 Å². The first-order chi connectivity index (χ1) is 7.93.